The highest BCUT2D eigenvalue weighted by molar-refractivity contribution is 9.10. The number of aromatic nitrogens is 4. The number of aliphatic hydroxyl groups excluding tert-OH is 1. The molecule has 1 aliphatic heterocycles. The average molecular weight is 656 g/mol. The van der Waals surface area contributed by atoms with E-state index in [1.54, 1.807) is 37.8 Å². The van der Waals surface area contributed by atoms with Crippen LogP contribution in [-0.4, -0.2) is 72.1 Å². The maximum absolute atomic E-state index is 13.0. The highest BCUT2D eigenvalue weighted by Gasteiger charge is 2.38. The molecule has 2 fully saturated rings. The van der Waals surface area contributed by atoms with Crippen LogP contribution >= 0.6 is 15.9 Å². The molecule has 2 aliphatic rings. The first-order chi connectivity index (χ1) is 20.2. The molecule has 220 valence electrons. The molecule has 0 amide bonds. The minimum Gasteiger partial charge on any atom is -0.495 e. The molecule has 42 heavy (non-hydrogen) atoms. The van der Waals surface area contributed by atoms with Gasteiger partial charge in [0.25, 0.3) is 0 Å². The van der Waals surface area contributed by atoms with Crippen molar-refractivity contribution in [1.29, 1.82) is 0 Å². The van der Waals surface area contributed by atoms with E-state index in [9.17, 15) is 13.5 Å². The van der Waals surface area contributed by atoms with Gasteiger partial charge in [0.15, 0.2) is 0 Å². The van der Waals surface area contributed by atoms with E-state index in [2.05, 4.69) is 46.4 Å². The number of rotatable bonds is 9. The largest absolute Gasteiger partial charge is 0.495 e. The third-order valence-corrected chi connectivity index (χ3v) is 9.10. The van der Waals surface area contributed by atoms with Gasteiger partial charge in [-0.3, -0.25) is 14.3 Å². The van der Waals surface area contributed by atoms with Crippen molar-refractivity contribution < 1.29 is 18.3 Å². The van der Waals surface area contributed by atoms with Gasteiger partial charge < -0.3 is 25.4 Å². The van der Waals surface area contributed by atoms with Crippen molar-refractivity contribution in [2.24, 2.45) is 0 Å². The molecule has 1 saturated heterocycles. The summed E-state index contributed by atoms with van der Waals surface area (Å²) < 4.78 is 33.6. The first-order valence-corrected chi connectivity index (χ1v) is 16.3. The number of methoxy groups -OCH3 is 1. The van der Waals surface area contributed by atoms with Crippen molar-refractivity contribution >= 4 is 71.5 Å². The van der Waals surface area contributed by atoms with E-state index in [-0.39, 0.29) is 12.1 Å². The lowest BCUT2D eigenvalue weighted by Gasteiger charge is -2.32. The summed E-state index contributed by atoms with van der Waals surface area (Å²) in [6.45, 7) is 1.53. The molecule has 1 saturated carbocycles. The van der Waals surface area contributed by atoms with Gasteiger partial charge in [0.05, 0.1) is 40.8 Å². The lowest BCUT2D eigenvalue weighted by molar-refractivity contribution is 0.145. The van der Waals surface area contributed by atoms with Gasteiger partial charge in [0.2, 0.25) is 16.0 Å². The number of hydrogen-bond acceptors (Lipinski definition) is 11. The van der Waals surface area contributed by atoms with Crippen LogP contribution in [0.1, 0.15) is 25.7 Å². The molecular weight excluding hydrogens is 624 g/mol. The fourth-order valence-electron chi connectivity index (χ4n) is 5.15. The normalized spacial score (nSPS) is 16.0. The van der Waals surface area contributed by atoms with Gasteiger partial charge >= 0.3 is 0 Å². The molecule has 1 aliphatic carbocycles. The minimum atomic E-state index is -3.61. The number of piperidine rings is 1. The second-order valence-electron chi connectivity index (χ2n) is 10.4. The van der Waals surface area contributed by atoms with Gasteiger partial charge in [0, 0.05) is 43.4 Å². The number of anilines is 6. The van der Waals surface area contributed by atoms with Crippen molar-refractivity contribution in [3.63, 3.8) is 0 Å². The monoisotopic (exact) mass is 654 g/mol. The van der Waals surface area contributed by atoms with E-state index >= 15 is 0 Å². The summed E-state index contributed by atoms with van der Waals surface area (Å²) in [5.74, 6) is 1.37. The Labute approximate surface area is 252 Å². The molecule has 3 heterocycles. The Balaban J connectivity index is 1.34. The number of fused-ring (bicyclic) bond motifs is 1. The molecule has 6 rings (SSSR count). The van der Waals surface area contributed by atoms with Crippen LogP contribution in [0, 0.1) is 0 Å². The van der Waals surface area contributed by atoms with Crippen molar-refractivity contribution in [3.8, 4) is 5.75 Å². The maximum Gasteiger partial charge on any atom is 0.232 e. The summed E-state index contributed by atoms with van der Waals surface area (Å²) in [6.07, 6.45) is 8.69. The van der Waals surface area contributed by atoms with E-state index in [4.69, 9.17) is 9.72 Å². The lowest BCUT2D eigenvalue weighted by Crippen LogP contribution is -2.35. The molecule has 4 aromatic rings. The number of halogens is 1. The van der Waals surface area contributed by atoms with Gasteiger partial charge in [-0.1, -0.05) is 0 Å². The highest BCUT2D eigenvalue weighted by Crippen LogP contribution is 2.43. The molecule has 12 nitrogen and oxygen atoms in total. The zero-order valence-corrected chi connectivity index (χ0v) is 25.6. The summed E-state index contributed by atoms with van der Waals surface area (Å²) in [5.41, 5.74) is 3.72. The van der Waals surface area contributed by atoms with Crippen LogP contribution in [0.2, 0.25) is 0 Å². The topological polar surface area (TPSA) is 146 Å². The van der Waals surface area contributed by atoms with Crippen LogP contribution in [0.15, 0.2) is 53.4 Å². The molecule has 0 unspecified atom stereocenters. The minimum absolute atomic E-state index is 0.137. The number of benzene rings is 2. The smallest absolute Gasteiger partial charge is 0.232 e. The second kappa shape index (κ2) is 11.5. The predicted octanol–water partition coefficient (Wildman–Crippen LogP) is 4.57. The molecule has 14 heteroatoms. The van der Waals surface area contributed by atoms with Crippen LogP contribution in [0.3, 0.4) is 0 Å². The van der Waals surface area contributed by atoms with Crippen LogP contribution in [0.25, 0.3) is 11.0 Å². The van der Waals surface area contributed by atoms with Crippen LogP contribution in [-0.2, 0) is 10.0 Å². The summed E-state index contributed by atoms with van der Waals surface area (Å²) in [7, 11) is -2.01. The summed E-state index contributed by atoms with van der Waals surface area (Å²) >= 11 is 3.54. The van der Waals surface area contributed by atoms with E-state index < -0.39 is 10.0 Å². The molecule has 2 aromatic carbocycles. The standard InChI is InChI=1S/C28H31BrN8O4S/c1-41-24-8-5-18(36-13-9-19(38)10-14-36)15-23(24)34-28-32-16-20(29)27(35-28)33-22-7-6-21-25(31-12-11-30-21)26(22)37(17-3-4-17)42(2,39)40/h5-8,11-12,15-17,19,38H,3-4,9-10,13-14H2,1-2H3,(H2,32,33,34,35). The van der Waals surface area contributed by atoms with E-state index in [0.717, 1.165) is 44.5 Å². The Bertz CT molecular complexity index is 1730. The summed E-state index contributed by atoms with van der Waals surface area (Å²) in [6, 6.07) is 9.31. The molecule has 3 N–H and O–H groups in total. The third-order valence-electron chi connectivity index (χ3n) is 7.33. The fourth-order valence-corrected chi connectivity index (χ4v) is 6.71. The van der Waals surface area contributed by atoms with Crippen molar-refractivity contribution in [2.45, 2.75) is 37.8 Å². The zero-order chi connectivity index (χ0) is 29.4. The lowest BCUT2D eigenvalue weighted by atomic mass is 10.1. The maximum atomic E-state index is 13.0. The molecule has 0 spiro atoms. The summed E-state index contributed by atoms with van der Waals surface area (Å²) in [4.78, 5) is 20.3. The van der Waals surface area contributed by atoms with Gasteiger partial charge in [0.1, 0.15) is 22.8 Å². The molecule has 0 radical (unpaired) electrons. The summed E-state index contributed by atoms with van der Waals surface area (Å²) in [5, 5.41) is 16.5. The molecular formula is C28H31BrN8O4S. The molecule has 0 atom stereocenters. The van der Waals surface area contributed by atoms with Gasteiger partial charge in [-0.15, -0.1) is 0 Å². The Kier molecular flexibility index (Phi) is 7.77. The fraction of sp³-hybridized carbons (Fsp3) is 0.357. The first-order valence-electron chi connectivity index (χ1n) is 13.6. The van der Waals surface area contributed by atoms with E-state index in [0.29, 0.717) is 50.1 Å². The van der Waals surface area contributed by atoms with Gasteiger partial charge in [-0.05, 0) is 71.9 Å². The number of nitrogens with one attached hydrogen (secondary N) is 2. The second-order valence-corrected chi connectivity index (χ2v) is 13.1. The van der Waals surface area contributed by atoms with Crippen LogP contribution in [0.4, 0.5) is 34.5 Å². The van der Waals surface area contributed by atoms with Crippen LogP contribution < -0.4 is 24.6 Å². The number of nitrogens with zero attached hydrogens (tertiary/aromatic N) is 6. The third kappa shape index (κ3) is 5.92. The molecule has 2 aromatic heterocycles. The SMILES string of the molecule is COc1ccc(N2CCC(O)CC2)cc1Nc1ncc(Br)c(Nc2ccc3nccnc3c2N(C2CC2)S(C)(=O)=O)n1. The van der Waals surface area contributed by atoms with Gasteiger partial charge in [-0.25, -0.2) is 13.4 Å². The van der Waals surface area contributed by atoms with Crippen molar-refractivity contribution in [2.75, 3.05) is 46.3 Å². The Morgan fingerprint density at radius 1 is 1.02 bits per heavy atom. The van der Waals surface area contributed by atoms with Crippen molar-refractivity contribution in [1.82, 2.24) is 19.9 Å². The Hall–Kier alpha value is -3.75. The number of aliphatic hydroxyl groups is 1. The number of sulfonamides is 1. The quantitative estimate of drug-likeness (QED) is 0.233. The van der Waals surface area contributed by atoms with E-state index in [1.807, 2.05) is 18.2 Å². The first kappa shape index (κ1) is 28.4. The highest BCUT2D eigenvalue weighted by atomic mass is 79.9. The predicted molar refractivity (Wildman–Crippen MR) is 167 cm³/mol. The van der Waals surface area contributed by atoms with Crippen molar-refractivity contribution in [3.05, 3.63) is 53.4 Å². The number of ether oxygens (including phenoxy) is 1. The van der Waals surface area contributed by atoms with Gasteiger partial charge in [-0.2, -0.15) is 4.98 Å². The van der Waals surface area contributed by atoms with Crippen LogP contribution in [0.5, 0.6) is 5.75 Å². The number of hydrogen-bond donors (Lipinski definition) is 3. The average Bonchev–Trinajstić information content (AvgIpc) is 3.80. The molecule has 0 bridgehead atoms. The van der Waals surface area contributed by atoms with E-state index in [1.165, 1.54) is 10.6 Å². The Morgan fingerprint density at radius 2 is 1.79 bits per heavy atom. The zero-order valence-electron chi connectivity index (χ0n) is 23.2. The Morgan fingerprint density at radius 3 is 2.50 bits per heavy atom.